The predicted octanol–water partition coefficient (Wildman–Crippen LogP) is 2.19. The van der Waals surface area contributed by atoms with Gasteiger partial charge < -0.3 is 5.11 Å². The number of thiazole rings is 1. The van der Waals surface area contributed by atoms with Crippen LogP contribution in [0.1, 0.15) is 49.0 Å². The van der Waals surface area contributed by atoms with Crippen LogP contribution in [0.4, 0.5) is 0 Å². The van der Waals surface area contributed by atoms with Gasteiger partial charge in [-0.3, -0.25) is 9.30 Å². The second-order valence-electron chi connectivity index (χ2n) is 6.51. The Hall–Kier alpha value is -1.77. The average molecular weight is 346 g/mol. The van der Waals surface area contributed by atoms with Crippen LogP contribution in [0, 0.1) is 6.92 Å². The number of aryl methyl sites for hydroxylation is 1. The van der Waals surface area contributed by atoms with Gasteiger partial charge in [0.15, 0.2) is 4.96 Å². The summed E-state index contributed by atoms with van der Waals surface area (Å²) in [5.74, 6) is 0. The lowest BCUT2D eigenvalue weighted by Gasteiger charge is -2.31. The summed E-state index contributed by atoms with van der Waals surface area (Å²) >= 11 is 1.68. The fraction of sp³-hybridized carbons (Fsp3) is 0.562. The van der Waals surface area contributed by atoms with Crippen LogP contribution in [-0.2, 0) is 6.54 Å². The highest BCUT2D eigenvalue weighted by Crippen LogP contribution is 2.25. The lowest BCUT2D eigenvalue weighted by atomic mass is 10.0. The molecule has 4 rings (SSSR count). The zero-order valence-electron chi connectivity index (χ0n) is 14.0. The van der Waals surface area contributed by atoms with E-state index in [0.29, 0.717) is 11.7 Å². The van der Waals surface area contributed by atoms with Crippen molar-refractivity contribution in [3.05, 3.63) is 34.9 Å². The van der Waals surface area contributed by atoms with Crippen molar-refractivity contribution in [2.75, 3.05) is 13.1 Å². The van der Waals surface area contributed by atoms with Gasteiger partial charge in [-0.25, -0.2) is 9.67 Å². The SMILES string of the molecule is Cc1nc2sccn2c1CN1CCC(n2cc([C@H](C)O)nn2)CC1. The summed E-state index contributed by atoms with van der Waals surface area (Å²) in [7, 11) is 0. The van der Waals surface area contributed by atoms with Crippen molar-refractivity contribution in [2.45, 2.75) is 45.4 Å². The molecule has 24 heavy (non-hydrogen) atoms. The summed E-state index contributed by atoms with van der Waals surface area (Å²) < 4.78 is 4.12. The summed E-state index contributed by atoms with van der Waals surface area (Å²) in [6.07, 6.45) is 5.52. The number of imidazole rings is 1. The summed E-state index contributed by atoms with van der Waals surface area (Å²) in [5.41, 5.74) is 3.07. The van der Waals surface area contributed by atoms with Crippen molar-refractivity contribution in [3.63, 3.8) is 0 Å². The Morgan fingerprint density at radius 3 is 2.88 bits per heavy atom. The Kier molecular flexibility index (Phi) is 4.11. The Morgan fingerprint density at radius 1 is 1.38 bits per heavy atom. The molecule has 3 aromatic heterocycles. The number of piperidine rings is 1. The molecule has 1 aliphatic rings. The second-order valence-corrected chi connectivity index (χ2v) is 7.38. The molecule has 1 saturated heterocycles. The fourth-order valence-electron chi connectivity index (χ4n) is 3.35. The zero-order valence-corrected chi connectivity index (χ0v) is 14.8. The van der Waals surface area contributed by atoms with Crippen LogP contribution in [0.25, 0.3) is 4.96 Å². The molecule has 0 spiro atoms. The van der Waals surface area contributed by atoms with E-state index in [-0.39, 0.29) is 0 Å². The fourth-order valence-corrected chi connectivity index (χ4v) is 4.12. The lowest BCUT2D eigenvalue weighted by molar-refractivity contribution is 0.170. The van der Waals surface area contributed by atoms with Gasteiger partial charge in [0.25, 0.3) is 0 Å². The number of aromatic nitrogens is 5. The number of likely N-dealkylation sites (tertiary alicyclic amines) is 1. The molecule has 1 aliphatic heterocycles. The van der Waals surface area contributed by atoms with Crippen LogP contribution < -0.4 is 0 Å². The van der Waals surface area contributed by atoms with Gasteiger partial charge in [-0.1, -0.05) is 5.21 Å². The molecule has 128 valence electrons. The molecule has 8 heteroatoms. The van der Waals surface area contributed by atoms with Crippen LogP contribution in [0.5, 0.6) is 0 Å². The van der Waals surface area contributed by atoms with Crippen molar-refractivity contribution in [1.29, 1.82) is 0 Å². The largest absolute Gasteiger partial charge is 0.387 e. The summed E-state index contributed by atoms with van der Waals surface area (Å²) in [5, 5.41) is 19.9. The first kappa shape index (κ1) is 15.7. The maximum Gasteiger partial charge on any atom is 0.194 e. The van der Waals surface area contributed by atoms with Gasteiger partial charge in [-0.2, -0.15) is 0 Å². The van der Waals surface area contributed by atoms with Crippen molar-refractivity contribution in [2.24, 2.45) is 0 Å². The normalized spacial score (nSPS) is 18.5. The molecular formula is C16H22N6OS. The number of rotatable bonds is 4. The van der Waals surface area contributed by atoms with E-state index in [2.05, 4.69) is 43.1 Å². The molecule has 0 radical (unpaired) electrons. The highest BCUT2D eigenvalue weighted by molar-refractivity contribution is 7.15. The van der Waals surface area contributed by atoms with Crippen molar-refractivity contribution in [1.82, 2.24) is 29.3 Å². The monoisotopic (exact) mass is 346 g/mol. The summed E-state index contributed by atoms with van der Waals surface area (Å²) in [4.78, 5) is 8.19. The molecule has 4 heterocycles. The number of hydrogen-bond acceptors (Lipinski definition) is 6. The van der Waals surface area contributed by atoms with E-state index in [1.165, 1.54) is 5.69 Å². The summed E-state index contributed by atoms with van der Waals surface area (Å²) in [6.45, 7) is 6.81. The minimum Gasteiger partial charge on any atom is -0.387 e. The smallest absolute Gasteiger partial charge is 0.194 e. The van der Waals surface area contributed by atoms with Gasteiger partial charge in [0.05, 0.1) is 29.7 Å². The van der Waals surface area contributed by atoms with E-state index in [1.807, 2.05) is 10.9 Å². The predicted molar refractivity (Wildman–Crippen MR) is 92.0 cm³/mol. The first-order valence-electron chi connectivity index (χ1n) is 8.35. The number of nitrogens with zero attached hydrogens (tertiary/aromatic N) is 6. The maximum atomic E-state index is 9.58. The molecule has 0 amide bonds. The minimum absolute atomic E-state index is 0.369. The molecule has 1 atom stereocenters. The Labute approximate surface area is 144 Å². The Balaban J connectivity index is 1.40. The first-order chi connectivity index (χ1) is 11.6. The lowest BCUT2D eigenvalue weighted by Crippen LogP contribution is -2.34. The topological polar surface area (TPSA) is 71.5 Å². The minimum atomic E-state index is -0.559. The Morgan fingerprint density at radius 2 is 2.17 bits per heavy atom. The third kappa shape index (κ3) is 2.85. The van der Waals surface area contributed by atoms with Crippen LogP contribution in [0.2, 0.25) is 0 Å². The molecule has 3 aromatic rings. The van der Waals surface area contributed by atoms with Gasteiger partial charge in [0.1, 0.15) is 5.69 Å². The number of hydrogen-bond donors (Lipinski definition) is 1. The van der Waals surface area contributed by atoms with E-state index < -0.39 is 6.10 Å². The van der Waals surface area contributed by atoms with E-state index >= 15 is 0 Å². The van der Waals surface area contributed by atoms with Gasteiger partial charge in [-0.05, 0) is 26.7 Å². The quantitative estimate of drug-likeness (QED) is 0.784. The number of fused-ring (bicyclic) bond motifs is 1. The highest BCUT2D eigenvalue weighted by atomic mass is 32.1. The standard InChI is InChI=1S/C16H22N6OS/c1-11-15(21-7-8-24-16(21)17-11)10-20-5-3-13(4-6-20)22-9-14(12(2)23)18-19-22/h7-9,12-13,23H,3-6,10H2,1-2H3/t12-/m0/s1. The van der Waals surface area contributed by atoms with E-state index in [1.54, 1.807) is 18.3 Å². The zero-order chi connectivity index (χ0) is 16.7. The molecule has 0 aliphatic carbocycles. The van der Waals surface area contributed by atoms with Gasteiger partial charge >= 0.3 is 0 Å². The van der Waals surface area contributed by atoms with Crippen molar-refractivity contribution < 1.29 is 5.11 Å². The molecule has 0 saturated carbocycles. The van der Waals surface area contributed by atoms with Gasteiger partial charge in [-0.15, -0.1) is 16.4 Å². The molecule has 1 N–H and O–H groups in total. The second kappa shape index (κ2) is 6.27. The average Bonchev–Trinajstić information content (AvgIpc) is 3.27. The van der Waals surface area contributed by atoms with Gasteiger partial charge in [0, 0.05) is 31.2 Å². The molecule has 7 nitrogen and oxygen atoms in total. The molecule has 0 aromatic carbocycles. The van der Waals surface area contributed by atoms with Crippen molar-refractivity contribution in [3.8, 4) is 0 Å². The van der Waals surface area contributed by atoms with E-state index in [0.717, 1.165) is 43.1 Å². The number of aliphatic hydroxyl groups is 1. The molecule has 0 unspecified atom stereocenters. The van der Waals surface area contributed by atoms with Crippen LogP contribution in [0.3, 0.4) is 0 Å². The van der Waals surface area contributed by atoms with Crippen LogP contribution >= 0.6 is 11.3 Å². The van der Waals surface area contributed by atoms with E-state index in [9.17, 15) is 5.11 Å². The van der Waals surface area contributed by atoms with E-state index in [4.69, 9.17) is 0 Å². The molecule has 0 bridgehead atoms. The van der Waals surface area contributed by atoms with Crippen molar-refractivity contribution >= 4 is 16.3 Å². The highest BCUT2D eigenvalue weighted by Gasteiger charge is 2.23. The van der Waals surface area contributed by atoms with Gasteiger partial charge in [0.2, 0.25) is 0 Å². The molecular weight excluding hydrogens is 324 g/mol. The first-order valence-corrected chi connectivity index (χ1v) is 9.23. The third-order valence-electron chi connectivity index (χ3n) is 4.82. The van der Waals surface area contributed by atoms with Crippen LogP contribution in [0.15, 0.2) is 17.8 Å². The third-order valence-corrected chi connectivity index (χ3v) is 5.58. The van der Waals surface area contributed by atoms with Crippen LogP contribution in [-0.4, -0.2) is 47.5 Å². The molecule has 1 fully saturated rings. The Bertz CT molecular complexity index is 827. The maximum absolute atomic E-state index is 9.58. The summed E-state index contributed by atoms with van der Waals surface area (Å²) in [6, 6.07) is 0.369. The number of aliphatic hydroxyl groups excluding tert-OH is 1.